The number of anilines is 1. The lowest BCUT2D eigenvalue weighted by Crippen LogP contribution is -2.37. The molecule has 3 aromatic rings. The number of hydrogen-bond donors (Lipinski definition) is 1. The van der Waals surface area contributed by atoms with Crippen molar-refractivity contribution in [1.29, 1.82) is 0 Å². The van der Waals surface area contributed by atoms with Crippen LogP contribution in [0.4, 0.5) is 5.69 Å². The van der Waals surface area contributed by atoms with Crippen LogP contribution in [0.5, 0.6) is 5.75 Å². The molecule has 162 valence electrons. The molecule has 0 saturated carbocycles. The van der Waals surface area contributed by atoms with Gasteiger partial charge in [-0.15, -0.1) is 0 Å². The first kappa shape index (κ1) is 20.6. The SMILES string of the molecule is O=C(Nc1ccc2c(c1)CN(C1CCCc3ccccc31)C(=O)CO2)c1ccc(Cl)cc1. The van der Waals surface area contributed by atoms with Gasteiger partial charge in [-0.25, -0.2) is 0 Å². The Morgan fingerprint density at radius 2 is 1.84 bits per heavy atom. The summed E-state index contributed by atoms with van der Waals surface area (Å²) in [5.74, 6) is 0.439. The average Bonchev–Trinajstić information content (AvgIpc) is 2.97. The standard InChI is InChI=1S/C26H23ClN2O3/c27-20-10-8-18(9-11-20)26(31)28-21-12-13-24-19(14-21)15-29(25(30)16-32-24)23-7-3-5-17-4-1-2-6-22(17)23/h1-2,4,6,8-14,23H,3,5,7,15-16H2,(H,28,31). The fourth-order valence-electron chi connectivity index (χ4n) is 4.56. The van der Waals surface area contributed by atoms with Gasteiger partial charge in [0.2, 0.25) is 0 Å². The second kappa shape index (κ2) is 8.67. The molecule has 0 spiro atoms. The van der Waals surface area contributed by atoms with Crippen LogP contribution >= 0.6 is 11.6 Å². The van der Waals surface area contributed by atoms with Gasteiger partial charge in [0.05, 0.1) is 12.6 Å². The Kier molecular flexibility index (Phi) is 5.58. The third kappa shape index (κ3) is 4.08. The number of ether oxygens (including phenoxy) is 1. The molecule has 1 aliphatic heterocycles. The van der Waals surface area contributed by atoms with Crippen molar-refractivity contribution in [2.75, 3.05) is 11.9 Å². The van der Waals surface area contributed by atoms with Gasteiger partial charge < -0.3 is 15.0 Å². The van der Waals surface area contributed by atoms with E-state index in [0.29, 0.717) is 28.6 Å². The van der Waals surface area contributed by atoms with E-state index in [4.69, 9.17) is 16.3 Å². The first-order valence-corrected chi connectivity index (χ1v) is 11.2. The average molecular weight is 447 g/mol. The van der Waals surface area contributed by atoms with Crippen LogP contribution in [0.2, 0.25) is 5.02 Å². The van der Waals surface area contributed by atoms with E-state index in [-0.39, 0.29) is 24.5 Å². The number of carbonyl (C=O) groups excluding carboxylic acids is 2. The molecule has 5 nitrogen and oxygen atoms in total. The topological polar surface area (TPSA) is 58.6 Å². The lowest BCUT2D eigenvalue weighted by atomic mass is 9.86. The predicted octanol–water partition coefficient (Wildman–Crippen LogP) is 5.39. The molecule has 5 rings (SSSR count). The van der Waals surface area contributed by atoms with Gasteiger partial charge in [-0.3, -0.25) is 9.59 Å². The smallest absolute Gasteiger partial charge is 0.261 e. The Bertz CT molecular complexity index is 1180. The summed E-state index contributed by atoms with van der Waals surface area (Å²) < 4.78 is 5.81. The van der Waals surface area contributed by atoms with E-state index in [0.717, 1.165) is 24.8 Å². The fraction of sp³-hybridized carbons (Fsp3) is 0.231. The maximum Gasteiger partial charge on any atom is 0.261 e. The van der Waals surface area contributed by atoms with Gasteiger partial charge in [0.1, 0.15) is 5.75 Å². The minimum Gasteiger partial charge on any atom is -0.483 e. The number of fused-ring (bicyclic) bond motifs is 2. The third-order valence-corrected chi connectivity index (χ3v) is 6.40. The molecular formula is C26H23ClN2O3. The summed E-state index contributed by atoms with van der Waals surface area (Å²) in [5, 5.41) is 3.51. The van der Waals surface area contributed by atoms with Crippen LogP contribution in [-0.2, 0) is 17.8 Å². The second-order valence-electron chi connectivity index (χ2n) is 8.20. The molecule has 0 aromatic heterocycles. The van der Waals surface area contributed by atoms with Crippen LogP contribution in [-0.4, -0.2) is 23.3 Å². The normalized spacial score (nSPS) is 17.6. The highest BCUT2D eigenvalue weighted by Crippen LogP contribution is 2.37. The van der Waals surface area contributed by atoms with E-state index in [1.54, 1.807) is 30.3 Å². The Labute approximate surface area is 192 Å². The first-order valence-electron chi connectivity index (χ1n) is 10.8. The van der Waals surface area contributed by atoms with Crippen molar-refractivity contribution in [3.63, 3.8) is 0 Å². The van der Waals surface area contributed by atoms with Crippen molar-refractivity contribution >= 4 is 29.1 Å². The molecule has 2 amide bonds. The minimum absolute atomic E-state index is 0.0160. The highest BCUT2D eigenvalue weighted by Gasteiger charge is 2.32. The Morgan fingerprint density at radius 3 is 2.69 bits per heavy atom. The number of hydrogen-bond acceptors (Lipinski definition) is 3. The van der Waals surface area contributed by atoms with Gasteiger partial charge in [-0.05, 0) is 72.9 Å². The van der Waals surface area contributed by atoms with Crippen molar-refractivity contribution in [3.05, 3.63) is 94.0 Å². The Balaban J connectivity index is 1.41. The third-order valence-electron chi connectivity index (χ3n) is 6.15. The van der Waals surface area contributed by atoms with Crippen molar-refractivity contribution in [2.45, 2.75) is 31.8 Å². The lowest BCUT2D eigenvalue weighted by Gasteiger charge is -2.35. The van der Waals surface area contributed by atoms with Crippen molar-refractivity contribution in [1.82, 2.24) is 4.90 Å². The maximum absolute atomic E-state index is 13.0. The van der Waals surface area contributed by atoms with Crippen LogP contribution < -0.4 is 10.1 Å². The van der Waals surface area contributed by atoms with E-state index in [2.05, 4.69) is 23.5 Å². The molecule has 2 aliphatic rings. The molecule has 1 N–H and O–H groups in total. The number of aryl methyl sites for hydroxylation is 1. The van der Waals surface area contributed by atoms with Gasteiger partial charge in [0.15, 0.2) is 6.61 Å². The minimum atomic E-state index is -0.217. The van der Waals surface area contributed by atoms with Crippen LogP contribution in [0.1, 0.15) is 45.9 Å². The zero-order valence-corrected chi connectivity index (χ0v) is 18.3. The van der Waals surface area contributed by atoms with E-state index in [1.807, 2.05) is 23.1 Å². The molecular weight excluding hydrogens is 424 g/mol. The quantitative estimate of drug-likeness (QED) is 0.586. The molecule has 0 fully saturated rings. The molecule has 32 heavy (non-hydrogen) atoms. The maximum atomic E-state index is 13.0. The number of rotatable bonds is 3. The summed E-state index contributed by atoms with van der Waals surface area (Å²) in [7, 11) is 0. The number of carbonyl (C=O) groups is 2. The first-order chi connectivity index (χ1) is 15.6. The van der Waals surface area contributed by atoms with Crippen LogP contribution in [0.15, 0.2) is 66.7 Å². The molecule has 3 aromatic carbocycles. The summed E-state index contributed by atoms with van der Waals surface area (Å²) in [4.78, 5) is 27.5. The number of halogens is 1. The van der Waals surface area contributed by atoms with Gasteiger partial charge in [0, 0.05) is 21.8 Å². The summed E-state index contributed by atoms with van der Waals surface area (Å²) in [6, 6.07) is 20.7. The van der Waals surface area contributed by atoms with Crippen LogP contribution in [0.25, 0.3) is 0 Å². The number of amides is 2. The number of nitrogens with one attached hydrogen (secondary N) is 1. The van der Waals surface area contributed by atoms with Crippen LogP contribution in [0.3, 0.4) is 0 Å². The number of benzene rings is 3. The zero-order valence-electron chi connectivity index (χ0n) is 17.5. The van der Waals surface area contributed by atoms with E-state index < -0.39 is 0 Å². The zero-order chi connectivity index (χ0) is 22.1. The van der Waals surface area contributed by atoms with Gasteiger partial charge in [0.25, 0.3) is 11.8 Å². The van der Waals surface area contributed by atoms with Crippen LogP contribution in [0, 0.1) is 0 Å². The van der Waals surface area contributed by atoms with Gasteiger partial charge in [-0.2, -0.15) is 0 Å². The summed E-state index contributed by atoms with van der Waals surface area (Å²) in [6.45, 7) is 0.458. The summed E-state index contributed by atoms with van der Waals surface area (Å²) in [6.07, 6.45) is 3.03. The summed E-state index contributed by atoms with van der Waals surface area (Å²) in [5.41, 5.74) is 4.60. The molecule has 0 radical (unpaired) electrons. The molecule has 1 aliphatic carbocycles. The lowest BCUT2D eigenvalue weighted by molar-refractivity contribution is -0.136. The highest BCUT2D eigenvalue weighted by atomic mass is 35.5. The van der Waals surface area contributed by atoms with Gasteiger partial charge >= 0.3 is 0 Å². The number of nitrogens with zero attached hydrogens (tertiary/aromatic N) is 1. The molecule has 6 heteroatoms. The molecule has 1 heterocycles. The largest absolute Gasteiger partial charge is 0.483 e. The molecule has 0 bridgehead atoms. The van der Waals surface area contributed by atoms with Crippen molar-refractivity contribution in [2.24, 2.45) is 0 Å². The van der Waals surface area contributed by atoms with Gasteiger partial charge in [-0.1, -0.05) is 35.9 Å². The second-order valence-corrected chi connectivity index (χ2v) is 8.64. The van der Waals surface area contributed by atoms with Crippen molar-refractivity contribution < 1.29 is 14.3 Å². The Hall–Kier alpha value is -3.31. The molecule has 1 unspecified atom stereocenters. The molecule has 1 atom stereocenters. The Morgan fingerprint density at radius 1 is 1.03 bits per heavy atom. The van der Waals surface area contributed by atoms with E-state index in [9.17, 15) is 9.59 Å². The fourth-order valence-corrected chi connectivity index (χ4v) is 4.68. The van der Waals surface area contributed by atoms with E-state index >= 15 is 0 Å². The van der Waals surface area contributed by atoms with E-state index in [1.165, 1.54) is 11.1 Å². The highest BCUT2D eigenvalue weighted by molar-refractivity contribution is 6.30. The monoisotopic (exact) mass is 446 g/mol. The molecule has 0 saturated heterocycles. The van der Waals surface area contributed by atoms with Crippen molar-refractivity contribution in [3.8, 4) is 5.75 Å². The predicted molar refractivity (Wildman–Crippen MR) is 124 cm³/mol. The summed E-state index contributed by atoms with van der Waals surface area (Å²) >= 11 is 5.91.